The molecule has 0 heterocycles. The summed E-state index contributed by atoms with van der Waals surface area (Å²) < 4.78 is 0. The second-order valence-corrected chi connectivity index (χ2v) is 6.64. The molecule has 0 aliphatic rings. The molecule has 4 aromatic rings. The summed E-state index contributed by atoms with van der Waals surface area (Å²) in [6.07, 6.45) is 1.89. The summed E-state index contributed by atoms with van der Waals surface area (Å²) in [5.74, 6) is 0.144. The molecule has 0 saturated heterocycles. The number of Topliss-reactive ketones (excluding diaryl/α,β-unsaturated/α-hetero) is 1. The second-order valence-electron chi connectivity index (χ2n) is 6.64. The van der Waals surface area contributed by atoms with E-state index in [1.807, 2.05) is 36.4 Å². The summed E-state index contributed by atoms with van der Waals surface area (Å²) in [4.78, 5) is 11.3. The molecule has 0 amide bonds. The molecule has 0 bridgehead atoms. The topological polar surface area (TPSA) is 17.1 Å². The molecule has 0 aromatic heterocycles. The second kappa shape index (κ2) is 11.2. The van der Waals surface area contributed by atoms with Gasteiger partial charge >= 0.3 is 0 Å². The Bertz CT molecular complexity index is 935. The van der Waals surface area contributed by atoms with Crippen molar-refractivity contribution in [3.63, 3.8) is 0 Å². The van der Waals surface area contributed by atoms with Crippen molar-refractivity contribution in [1.82, 2.24) is 0 Å². The molecular weight excluding hydrogens is 384 g/mol. The summed E-state index contributed by atoms with van der Waals surface area (Å²) >= 11 is 0. The third-order valence-electron chi connectivity index (χ3n) is 4.51. The Morgan fingerprint density at radius 3 is 1.96 bits per heavy atom. The van der Waals surface area contributed by atoms with E-state index in [1.54, 1.807) is 6.92 Å². The SMILES string of the molecule is CC(=O)[c-]1cccc1Cc1ccccc1.[Fe].c1ccc(C[c-]2[cH-][cH-][cH-][cH-]2)cc1. The zero-order valence-corrected chi connectivity index (χ0v) is 17.1. The molecule has 148 valence electrons. The predicted molar refractivity (Wildman–Crippen MR) is 113 cm³/mol. The van der Waals surface area contributed by atoms with E-state index in [2.05, 4.69) is 66.7 Å². The minimum atomic E-state index is 0. The number of hydrogen-bond donors (Lipinski definition) is 0. The first-order valence-electron chi connectivity index (χ1n) is 9.26. The number of ketones is 1. The van der Waals surface area contributed by atoms with E-state index in [0.717, 1.165) is 24.0 Å². The summed E-state index contributed by atoms with van der Waals surface area (Å²) in [6.45, 7) is 1.61. The zero-order valence-electron chi connectivity index (χ0n) is 16.0. The van der Waals surface area contributed by atoms with Crippen molar-refractivity contribution in [2.75, 3.05) is 0 Å². The maximum absolute atomic E-state index is 11.3. The van der Waals surface area contributed by atoms with Crippen LogP contribution in [0.5, 0.6) is 0 Å². The first-order valence-corrected chi connectivity index (χ1v) is 9.26. The van der Waals surface area contributed by atoms with Gasteiger partial charge in [0.2, 0.25) is 0 Å². The minimum absolute atomic E-state index is 0. The Morgan fingerprint density at radius 1 is 0.821 bits per heavy atom. The number of rotatable bonds is 5. The van der Waals surface area contributed by atoms with Gasteiger partial charge in [0, 0.05) is 17.1 Å². The molecule has 0 fully saturated rings. The summed E-state index contributed by atoms with van der Waals surface area (Å²) in [7, 11) is 0. The molecule has 0 aliphatic carbocycles. The van der Waals surface area contributed by atoms with Gasteiger partial charge in [-0.2, -0.15) is 18.1 Å². The molecular formula is C26H24FeO-6. The number of benzene rings is 2. The van der Waals surface area contributed by atoms with Gasteiger partial charge in [0.15, 0.2) is 0 Å². The number of hydrogen-bond acceptors (Lipinski definition) is 1. The van der Waals surface area contributed by atoms with Crippen LogP contribution < -0.4 is 0 Å². The molecule has 0 atom stereocenters. The van der Waals surface area contributed by atoms with E-state index in [9.17, 15) is 4.79 Å². The Balaban J connectivity index is 0.000000198. The molecule has 0 saturated carbocycles. The average Bonchev–Trinajstić information content (AvgIpc) is 3.36. The van der Waals surface area contributed by atoms with Crippen LogP contribution in [-0.2, 0) is 29.9 Å². The van der Waals surface area contributed by atoms with Crippen molar-refractivity contribution < 1.29 is 21.9 Å². The van der Waals surface area contributed by atoms with E-state index in [0.29, 0.717) is 0 Å². The van der Waals surface area contributed by atoms with Crippen molar-refractivity contribution in [3.05, 3.63) is 131 Å². The average molecular weight is 408 g/mol. The number of carbonyl (C=O) groups is 1. The molecule has 0 radical (unpaired) electrons. The fourth-order valence-corrected chi connectivity index (χ4v) is 3.13. The largest absolute Gasteiger partial charge is 0.748 e. The van der Waals surface area contributed by atoms with Gasteiger partial charge in [0.05, 0.1) is 0 Å². The van der Waals surface area contributed by atoms with Gasteiger partial charge < -0.3 is 34.6 Å². The van der Waals surface area contributed by atoms with E-state index in [1.165, 1.54) is 16.7 Å². The van der Waals surface area contributed by atoms with Crippen LogP contribution in [0, 0.1) is 0 Å². The van der Waals surface area contributed by atoms with Crippen LogP contribution in [0.3, 0.4) is 0 Å². The number of carbonyl (C=O) groups excluding carboxylic acids is 1. The maximum Gasteiger partial charge on any atom is 0.105 e. The van der Waals surface area contributed by atoms with Crippen LogP contribution >= 0.6 is 0 Å². The van der Waals surface area contributed by atoms with Gasteiger partial charge in [0.1, 0.15) is 5.78 Å². The van der Waals surface area contributed by atoms with E-state index < -0.39 is 0 Å². The summed E-state index contributed by atoms with van der Waals surface area (Å²) in [6, 6.07) is 35.1. The third kappa shape index (κ3) is 6.49. The van der Waals surface area contributed by atoms with Gasteiger partial charge in [-0.15, -0.1) is 0 Å². The molecule has 0 unspecified atom stereocenters. The van der Waals surface area contributed by atoms with Gasteiger partial charge in [-0.25, -0.2) is 12.1 Å². The first-order chi connectivity index (χ1) is 13.2. The van der Waals surface area contributed by atoms with Crippen LogP contribution in [0.1, 0.15) is 39.5 Å². The molecule has 2 heteroatoms. The van der Waals surface area contributed by atoms with Crippen molar-refractivity contribution in [3.8, 4) is 0 Å². The molecule has 0 N–H and O–H groups in total. The monoisotopic (exact) mass is 408 g/mol. The van der Waals surface area contributed by atoms with Crippen LogP contribution in [0.4, 0.5) is 0 Å². The van der Waals surface area contributed by atoms with Crippen molar-refractivity contribution in [2.24, 2.45) is 0 Å². The smallest absolute Gasteiger partial charge is 0.105 e. The Hall–Kier alpha value is -2.67. The third-order valence-corrected chi connectivity index (χ3v) is 4.51. The molecule has 28 heavy (non-hydrogen) atoms. The Kier molecular flexibility index (Phi) is 8.68. The summed E-state index contributed by atoms with van der Waals surface area (Å²) in [5.41, 5.74) is 5.98. The molecule has 1 nitrogen and oxygen atoms in total. The van der Waals surface area contributed by atoms with Gasteiger partial charge in [0.25, 0.3) is 0 Å². The fourth-order valence-electron chi connectivity index (χ4n) is 3.13. The molecule has 4 aromatic carbocycles. The Labute approximate surface area is 178 Å². The Morgan fingerprint density at radius 2 is 1.39 bits per heavy atom. The van der Waals surface area contributed by atoms with Crippen molar-refractivity contribution in [2.45, 2.75) is 19.8 Å². The van der Waals surface area contributed by atoms with E-state index in [-0.39, 0.29) is 22.9 Å². The van der Waals surface area contributed by atoms with Crippen LogP contribution in [0.25, 0.3) is 0 Å². The van der Waals surface area contributed by atoms with Crippen molar-refractivity contribution in [1.29, 1.82) is 0 Å². The molecule has 0 spiro atoms. The van der Waals surface area contributed by atoms with E-state index in [4.69, 9.17) is 0 Å². The normalized spacial score (nSPS) is 9.75. The van der Waals surface area contributed by atoms with Gasteiger partial charge in [-0.05, 0) is 18.9 Å². The van der Waals surface area contributed by atoms with Crippen LogP contribution in [0.15, 0.2) is 103 Å². The predicted octanol–water partition coefficient (Wildman–Crippen LogP) is 6.19. The molecule has 4 rings (SSSR count). The van der Waals surface area contributed by atoms with Crippen LogP contribution in [0.2, 0.25) is 0 Å². The first kappa shape index (κ1) is 21.6. The quantitative estimate of drug-likeness (QED) is 0.219. The van der Waals surface area contributed by atoms with Gasteiger partial charge in [-0.3, -0.25) is 0 Å². The fraction of sp³-hybridized carbons (Fsp3) is 0.115. The van der Waals surface area contributed by atoms with Gasteiger partial charge in [-0.1, -0.05) is 71.8 Å². The van der Waals surface area contributed by atoms with Crippen molar-refractivity contribution >= 4 is 5.78 Å². The van der Waals surface area contributed by atoms with Crippen LogP contribution in [-0.4, -0.2) is 5.78 Å². The summed E-state index contributed by atoms with van der Waals surface area (Å²) in [5, 5.41) is 0. The standard InChI is InChI=1S/C14H13O.C12H11.Fe/c1-11(15)14-9-5-8-13(14)10-12-6-3-2-4-7-12;1-2-6-11(7-3-1)10-12-8-4-5-9-12;/h2-9H,10H2,1H3;1-9H,10H2;/q-1;-5;. The maximum atomic E-state index is 11.3. The van der Waals surface area contributed by atoms with E-state index >= 15 is 0 Å². The minimum Gasteiger partial charge on any atom is -0.748 e. The molecule has 0 aliphatic heterocycles. The zero-order chi connectivity index (χ0) is 18.9.